The van der Waals surface area contributed by atoms with E-state index in [9.17, 15) is 0 Å². The lowest BCUT2D eigenvalue weighted by Gasteiger charge is -2.16. The summed E-state index contributed by atoms with van der Waals surface area (Å²) in [6, 6.07) is 0. The molecule has 0 radical (unpaired) electrons. The van der Waals surface area contributed by atoms with Gasteiger partial charge in [0.2, 0.25) is 0 Å². The Morgan fingerprint density at radius 3 is 2.23 bits per heavy atom. The summed E-state index contributed by atoms with van der Waals surface area (Å²) in [5.74, 6) is 0.629. The molecule has 122 valence electrons. The maximum Gasteiger partial charge on any atom is 0.0710 e. The summed E-state index contributed by atoms with van der Waals surface area (Å²) in [7, 11) is 0. The molecule has 0 N–H and O–H groups in total. The van der Waals surface area contributed by atoms with E-state index in [1.54, 1.807) is 0 Å². The predicted octanol–water partition coefficient (Wildman–Crippen LogP) is 6.80. The van der Waals surface area contributed by atoms with E-state index in [4.69, 9.17) is 0 Å². The van der Waals surface area contributed by atoms with Gasteiger partial charge in [-0.15, -0.1) is 5.73 Å². The van der Waals surface area contributed by atoms with Crippen molar-refractivity contribution in [3.63, 3.8) is 0 Å². The molecule has 0 spiro atoms. The molecule has 0 saturated heterocycles. The summed E-state index contributed by atoms with van der Waals surface area (Å²) in [6.07, 6.45) is 9.90. The average Bonchev–Trinajstić information content (AvgIpc) is 2.44. The third kappa shape index (κ3) is 6.91. The molecule has 0 aromatic heterocycles. The third-order valence-corrected chi connectivity index (χ3v) is 3.78. The number of nitrogens with zero attached hydrogens (tertiary/aromatic N) is 1. The standard InChI is InChI=1S/C21H33N/c1-9-13-17(7)20(12-4)21(22-16(5)6)15-18(8)19(11-3)14-10-2/h9,12,15,19H,5,10-11,14H2,1-4,6-8H3/b18-15-,20-12-,22-21-/t13?,19-/m1/s1. The second-order valence-electron chi connectivity index (χ2n) is 5.77. The predicted molar refractivity (Wildman–Crippen MR) is 101 cm³/mol. The first-order chi connectivity index (χ1) is 10.4. The monoisotopic (exact) mass is 299 g/mol. The van der Waals surface area contributed by atoms with Gasteiger partial charge in [0.25, 0.3) is 0 Å². The minimum atomic E-state index is 0.629. The largest absolute Gasteiger partial charge is 0.254 e. The smallest absolute Gasteiger partial charge is 0.0710 e. The highest BCUT2D eigenvalue weighted by Crippen LogP contribution is 2.22. The van der Waals surface area contributed by atoms with Gasteiger partial charge in [-0.3, -0.25) is 4.99 Å². The molecule has 0 fully saturated rings. The van der Waals surface area contributed by atoms with Crippen LogP contribution in [0.4, 0.5) is 0 Å². The van der Waals surface area contributed by atoms with Gasteiger partial charge in [0, 0.05) is 11.3 Å². The Kier molecular flexibility index (Phi) is 10.2. The number of rotatable bonds is 8. The van der Waals surface area contributed by atoms with Crippen LogP contribution in [-0.2, 0) is 0 Å². The summed E-state index contributed by atoms with van der Waals surface area (Å²) in [6.45, 7) is 18.7. The lowest BCUT2D eigenvalue weighted by molar-refractivity contribution is 0.535. The first-order valence-corrected chi connectivity index (χ1v) is 8.38. The van der Waals surface area contributed by atoms with Crippen molar-refractivity contribution in [3.05, 3.63) is 53.0 Å². The normalized spacial score (nSPS) is 14.4. The van der Waals surface area contributed by atoms with Gasteiger partial charge < -0.3 is 0 Å². The van der Waals surface area contributed by atoms with Gasteiger partial charge in [-0.25, -0.2) is 0 Å². The molecule has 0 rings (SSSR count). The first-order valence-electron chi connectivity index (χ1n) is 8.38. The number of hydrogen-bond donors (Lipinski definition) is 0. The van der Waals surface area contributed by atoms with Crippen LogP contribution < -0.4 is 0 Å². The van der Waals surface area contributed by atoms with E-state index in [1.165, 1.54) is 24.8 Å². The van der Waals surface area contributed by atoms with Crippen molar-refractivity contribution in [1.82, 2.24) is 0 Å². The zero-order valence-corrected chi connectivity index (χ0v) is 15.6. The molecule has 0 aromatic carbocycles. The Morgan fingerprint density at radius 2 is 1.82 bits per heavy atom. The van der Waals surface area contributed by atoms with Crippen molar-refractivity contribution in [3.8, 4) is 0 Å². The van der Waals surface area contributed by atoms with Crippen LogP contribution in [0.3, 0.4) is 0 Å². The van der Waals surface area contributed by atoms with Crippen LogP contribution in [0.25, 0.3) is 0 Å². The molecule has 0 heterocycles. The average molecular weight is 300 g/mol. The van der Waals surface area contributed by atoms with Crippen LogP contribution in [0, 0.1) is 5.92 Å². The van der Waals surface area contributed by atoms with E-state index >= 15 is 0 Å². The van der Waals surface area contributed by atoms with Crippen LogP contribution in [-0.4, -0.2) is 5.71 Å². The van der Waals surface area contributed by atoms with Crippen molar-refractivity contribution in [2.45, 2.75) is 67.7 Å². The number of allylic oxidation sites excluding steroid dienone is 6. The van der Waals surface area contributed by atoms with E-state index in [2.05, 4.69) is 64.1 Å². The summed E-state index contributed by atoms with van der Waals surface area (Å²) in [4.78, 5) is 4.67. The molecule has 0 amide bonds. The van der Waals surface area contributed by atoms with Crippen molar-refractivity contribution >= 4 is 5.71 Å². The molecule has 0 aromatic rings. The zero-order valence-electron chi connectivity index (χ0n) is 15.6. The SMILES string of the molecule is C=C(C)/N=C(/C=C(/C)[C@H](CC)CCC)C(=C/C)\C(C)=C=CC. The highest BCUT2D eigenvalue weighted by atomic mass is 14.7. The number of aliphatic imine (C=N–C) groups is 1. The van der Waals surface area contributed by atoms with Crippen LogP contribution in [0.1, 0.15) is 67.7 Å². The molecule has 0 aliphatic heterocycles. The lowest BCUT2D eigenvalue weighted by atomic mass is 9.90. The fourth-order valence-electron chi connectivity index (χ4n) is 2.66. The second-order valence-corrected chi connectivity index (χ2v) is 5.77. The molecule has 0 unspecified atom stereocenters. The van der Waals surface area contributed by atoms with Crippen LogP contribution >= 0.6 is 0 Å². The van der Waals surface area contributed by atoms with E-state index in [-0.39, 0.29) is 0 Å². The lowest BCUT2D eigenvalue weighted by Crippen LogP contribution is -2.06. The maximum absolute atomic E-state index is 4.67. The van der Waals surface area contributed by atoms with Gasteiger partial charge in [-0.1, -0.05) is 38.5 Å². The molecule has 0 aliphatic carbocycles. The van der Waals surface area contributed by atoms with Gasteiger partial charge >= 0.3 is 0 Å². The molecule has 0 bridgehead atoms. The molecular formula is C21H33N. The summed E-state index contributed by atoms with van der Waals surface area (Å²) < 4.78 is 0. The van der Waals surface area contributed by atoms with E-state index in [0.29, 0.717) is 5.92 Å². The van der Waals surface area contributed by atoms with Gasteiger partial charge in [-0.05, 0) is 71.1 Å². The Balaban J connectivity index is 5.86. The minimum absolute atomic E-state index is 0.629. The van der Waals surface area contributed by atoms with Crippen LogP contribution in [0.2, 0.25) is 0 Å². The maximum atomic E-state index is 4.67. The second kappa shape index (κ2) is 11.0. The van der Waals surface area contributed by atoms with Gasteiger partial charge in [0.05, 0.1) is 5.71 Å². The minimum Gasteiger partial charge on any atom is -0.254 e. The molecule has 0 aliphatic rings. The Hall–Kier alpha value is -1.59. The molecule has 22 heavy (non-hydrogen) atoms. The Bertz CT molecular complexity index is 520. The van der Waals surface area contributed by atoms with Crippen molar-refractivity contribution in [2.75, 3.05) is 0 Å². The Morgan fingerprint density at radius 1 is 1.18 bits per heavy atom. The molecular weight excluding hydrogens is 266 g/mol. The highest BCUT2D eigenvalue weighted by Gasteiger charge is 2.11. The topological polar surface area (TPSA) is 12.4 Å². The molecule has 1 nitrogen and oxygen atoms in total. The van der Waals surface area contributed by atoms with Gasteiger partial charge in [0.1, 0.15) is 0 Å². The van der Waals surface area contributed by atoms with Gasteiger partial charge in [0.15, 0.2) is 0 Å². The van der Waals surface area contributed by atoms with E-state index < -0.39 is 0 Å². The van der Waals surface area contributed by atoms with Crippen molar-refractivity contribution in [2.24, 2.45) is 10.9 Å². The number of hydrogen-bond acceptors (Lipinski definition) is 1. The van der Waals surface area contributed by atoms with E-state index in [0.717, 1.165) is 22.6 Å². The third-order valence-electron chi connectivity index (χ3n) is 3.78. The molecule has 1 heteroatoms. The molecule has 1 atom stereocenters. The summed E-state index contributed by atoms with van der Waals surface area (Å²) in [5, 5.41) is 0. The van der Waals surface area contributed by atoms with Crippen molar-refractivity contribution < 1.29 is 0 Å². The molecule has 0 saturated carbocycles. The quantitative estimate of drug-likeness (QED) is 0.265. The fraction of sp³-hybridized carbons (Fsp3) is 0.524. The first kappa shape index (κ1) is 20.4. The fourth-order valence-corrected chi connectivity index (χ4v) is 2.66. The Labute approximate surface area is 137 Å². The van der Waals surface area contributed by atoms with E-state index in [1.807, 2.05) is 19.9 Å². The summed E-state index contributed by atoms with van der Waals surface area (Å²) in [5.41, 5.74) is 8.74. The highest BCUT2D eigenvalue weighted by molar-refractivity contribution is 6.12. The van der Waals surface area contributed by atoms with Gasteiger partial charge in [-0.2, -0.15) is 0 Å². The van der Waals surface area contributed by atoms with Crippen LogP contribution in [0.15, 0.2) is 57.9 Å². The summed E-state index contributed by atoms with van der Waals surface area (Å²) >= 11 is 0. The zero-order chi connectivity index (χ0) is 17.1. The van der Waals surface area contributed by atoms with Crippen LogP contribution in [0.5, 0.6) is 0 Å². The van der Waals surface area contributed by atoms with Crippen molar-refractivity contribution in [1.29, 1.82) is 0 Å².